The van der Waals surface area contributed by atoms with Crippen LogP contribution in [0.5, 0.6) is 0 Å². The summed E-state index contributed by atoms with van der Waals surface area (Å²) in [7, 11) is -3.35. The summed E-state index contributed by atoms with van der Waals surface area (Å²) >= 11 is 0. The zero-order valence-corrected chi connectivity index (χ0v) is 12.8. The first-order chi connectivity index (χ1) is 9.06. The molecule has 1 rings (SSSR count). The second-order valence-electron chi connectivity index (χ2n) is 5.08. The third-order valence-corrected chi connectivity index (χ3v) is 3.30. The molecule has 0 saturated heterocycles. The Bertz CT molecular complexity index is 592. The number of nitrogen functional groups attached to an aromatic ring is 1. The van der Waals surface area contributed by atoms with Gasteiger partial charge < -0.3 is 15.0 Å². The van der Waals surface area contributed by atoms with Crippen molar-refractivity contribution in [2.24, 2.45) is 0 Å². The number of ether oxygens (including phenoxy) is 1. The number of rotatable bonds is 6. The van der Waals surface area contributed by atoms with Crippen LogP contribution in [0.4, 0.5) is 5.82 Å². The number of imidazole rings is 1. The molecule has 114 valence electrons. The van der Waals surface area contributed by atoms with E-state index in [-0.39, 0.29) is 24.7 Å². The largest absolute Gasteiger partial charge is 0.461 e. The molecule has 1 aromatic rings. The lowest BCUT2D eigenvalue weighted by molar-refractivity contribution is 0.0521. The minimum atomic E-state index is -3.35. The summed E-state index contributed by atoms with van der Waals surface area (Å²) < 4.78 is 31.4. The highest BCUT2D eigenvalue weighted by atomic mass is 32.2. The number of nitrogens with zero attached hydrogens (tertiary/aromatic N) is 2. The topological polar surface area (TPSA) is 116 Å². The lowest BCUT2D eigenvalue weighted by atomic mass is 10.1. The Morgan fingerprint density at radius 2 is 2.15 bits per heavy atom. The van der Waals surface area contributed by atoms with E-state index in [1.165, 1.54) is 10.9 Å². The maximum Gasteiger partial charge on any atom is 0.360 e. The van der Waals surface area contributed by atoms with Crippen LogP contribution in [0.25, 0.3) is 0 Å². The Morgan fingerprint density at radius 3 is 2.65 bits per heavy atom. The fraction of sp³-hybridized carbons (Fsp3) is 0.636. The fourth-order valence-electron chi connectivity index (χ4n) is 1.83. The first-order valence-corrected chi connectivity index (χ1v) is 7.91. The van der Waals surface area contributed by atoms with Gasteiger partial charge in [0.15, 0.2) is 5.69 Å². The molecular weight excluding hydrogens is 284 g/mol. The maximum atomic E-state index is 11.6. The molecule has 0 radical (unpaired) electrons. The predicted octanol–water partition coefficient (Wildman–Crippen LogP) is -0.0302. The quantitative estimate of drug-likeness (QED) is 0.713. The van der Waals surface area contributed by atoms with Crippen LogP contribution in [0.15, 0.2) is 6.33 Å². The van der Waals surface area contributed by atoms with E-state index in [1.54, 1.807) is 20.8 Å². The molecule has 3 N–H and O–H groups in total. The van der Waals surface area contributed by atoms with E-state index in [1.807, 2.05) is 0 Å². The average Bonchev–Trinajstić information content (AvgIpc) is 2.56. The van der Waals surface area contributed by atoms with Gasteiger partial charge in [0.25, 0.3) is 0 Å². The van der Waals surface area contributed by atoms with Crippen LogP contribution in [0.2, 0.25) is 0 Å². The van der Waals surface area contributed by atoms with Crippen LogP contribution in [0.1, 0.15) is 31.3 Å². The normalized spacial score (nSPS) is 12.4. The molecule has 0 bridgehead atoms. The SMILES string of the molecule is CCOC(=O)c1ncn(CC(C)(C)NS(C)(=O)=O)c1N. The van der Waals surface area contributed by atoms with Crippen molar-refractivity contribution < 1.29 is 17.9 Å². The van der Waals surface area contributed by atoms with Crippen molar-refractivity contribution in [2.45, 2.75) is 32.9 Å². The first kappa shape index (κ1) is 16.4. The highest BCUT2D eigenvalue weighted by Crippen LogP contribution is 2.16. The lowest BCUT2D eigenvalue weighted by Crippen LogP contribution is -2.46. The molecule has 0 aromatic carbocycles. The van der Waals surface area contributed by atoms with E-state index in [0.29, 0.717) is 0 Å². The number of hydrogen-bond acceptors (Lipinski definition) is 6. The average molecular weight is 304 g/mol. The summed E-state index contributed by atoms with van der Waals surface area (Å²) in [6.45, 7) is 5.56. The second kappa shape index (κ2) is 5.80. The van der Waals surface area contributed by atoms with Crippen molar-refractivity contribution in [3.05, 3.63) is 12.0 Å². The summed E-state index contributed by atoms with van der Waals surface area (Å²) in [6, 6.07) is 0. The molecule has 0 aliphatic rings. The Hall–Kier alpha value is -1.61. The molecule has 9 heteroatoms. The molecule has 0 spiro atoms. The second-order valence-corrected chi connectivity index (χ2v) is 6.83. The van der Waals surface area contributed by atoms with Gasteiger partial charge >= 0.3 is 5.97 Å². The van der Waals surface area contributed by atoms with Crippen LogP contribution in [-0.4, -0.2) is 42.3 Å². The van der Waals surface area contributed by atoms with Crippen molar-refractivity contribution in [1.82, 2.24) is 14.3 Å². The van der Waals surface area contributed by atoms with Crippen molar-refractivity contribution in [2.75, 3.05) is 18.6 Å². The smallest absolute Gasteiger partial charge is 0.360 e. The van der Waals surface area contributed by atoms with Crippen molar-refractivity contribution in [1.29, 1.82) is 0 Å². The molecule has 0 atom stereocenters. The van der Waals surface area contributed by atoms with E-state index in [2.05, 4.69) is 9.71 Å². The Labute approximate surface area is 118 Å². The van der Waals surface area contributed by atoms with Gasteiger partial charge in [-0.3, -0.25) is 0 Å². The van der Waals surface area contributed by atoms with E-state index in [0.717, 1.165) is 6.26 Å². The number of aromatic nitrogens is 2. The molecule has 1 aromatic heterocycles. The molecule has 0 unspecified atom stereocenters. The molecule has 8 nitrogen and oxygen atoms in total. The van der Waals surface area contributed by atoms with Crippen LogP contribution >= 0.6 is 0 Å². The minimum absolute atomic E-state index is 0.0296. The Balaban J connectivity index is 2.92. The standard InChI is InChI=1S/C11H20N4O4S/c1-5-19-10(16)8-9(12)15(7-13-8)6-11(2,3)14-20(4,17)18/h7,14H,5-6,12H2,1-4H3. The van der Waals surface area contributed by atoms with Crippen LogP contribution < -0.4 is 10.5 Å². The van der Waals surface area contributed by atoms with Gasteiger partial charge in [-0.15, -0.1) is 0 Å². The molecule has 0 saturated carbocycles. The number of hydrogen-bond donors (Lipinski definition) is 2. The zero-order valence-electron chi connectivity index (χ0n) is 12.0. The maximum absolute atomic E-state index is 11.6. The number of carbonyl (C=O) groups excluding carboxylic acids is 1. The monoisotopic (exact) mass is 304 g/mol. The van der Waals surface area contributed by atoms with Gasteiger partial charge in [0.1, 0.15) is 5.82 Å². The van der Waals surface area contributed by atoms with Crippen molar-refractivity contribution in [3.63, 3.8) is 0 Å². The van der Waals surface area contributed by atoms with E-state index >= 15 is 0 Å². The number of nitrogens with two attached hydrogens (primary N) is 1. The third kappa shape index (κ3) is 4.49. The molecule has 0 amide bonds. The molecule has 20 heavy (non-hydrogen) atoms. The van der Waals surface area contributed by atoms with Gasteiger partial charge in [-0.25, -0.2) is 22.9 Å². The molecule has 0 aliphatic carbocycles. The number of carbonyl (C=O) groups is 1. The predicted molar refractivity (Wildman–Crippen MR) is 74.7 cm³/mol. The van der Waals surface area contributed by atoms with E-state index in [4.69, 9.17) is 10.5 Å². The highest BCUT2D eigenvalue weighted by Gasteiger charge is 2.25. The number of sulfonamides is 1. The summed E-state index contributed by atoms with van der Waals surface area (Å²) in [4.78, 5) is 15.5. The van der Waals surface area contributed by atoms with Crippen molar-refractivity contribution in [3.8, 4) is 0 Å². The summed E-state index contributed by atoms with van der Waals surface area (Å²) in [6.07, 6.45) is 2.46. The Kier molecular flexibility index (Phi) is 4.77. The van der Waals surface area contributed by atoms with Gasteiger partial charge in [-0.2, -0.15) is 0 Å². The summed E-state index contributed by atoms with van der Waals surface area (Å²) in [5.41, 5.74) is 5.09. The molecule has 0 aliphatic heterocycles. The summed E-state index contributed by atoms with van der Waals surface area (Å²) in [5.74, 6) is -0.454. The van der Waals surface area contributed by atoms with Gasteiger partial charge in [0.05, 0.1) is 19.2 Å². The van der Waals surface area contributed by atoms with Gasteiger partial charge in [0.2, 0.25) is 10.0 Å². The summed E-state index contributed by atoms with van der Waals surface area (Å²) in [5, 5.41) is 0. The molecule has 1 heterocycles. The minimum Gasteiger partial charge on any atom is -0.461 e. The first-order valence-electron chi connectivity index (χ1n) is 6.02. The van der Waals surface area contributed by atoms with E-state index in [9.17, 15) is 13.2 Å². The van der Waals surface area contributed by atoms with Crippen LogP contribution in [0, 0.1) is 0 Å². The van der Waals surface area contributed by atoms with Crippen LogP contribution in [0.3, 0.4) is 0 Å². The third-order valence-electron chi connectivity index (χ3n) is 2.37. The van der Waals surface area contributed by atoms with Gasteiger partial charge in [-0.1, -0.05) is 0 Å². The fourth-order valence-corrected chi connectivity index (χ4v) is 2.90. The highest BCUT2D eigenvalue weighted by molar-refractivity contribution is 7.88. The number of esters is 1. The lowest BCUT2D eigenvalue weighted by Gasteiger charge is -2.25. The number of nitrogens with one attached hydrogen (secondary N) is 1. The molecule has 0 fully saturated rings. The zero-order chi connectivity index (χ0) is 15.6. The Morgan fingerprint density at radius 1 is 1.55 bits per heavy atom. The number of anilines is 1. The van der Waals surface area contributed by atoms with Gasteiger partial charge in [0, 0.05) is 12.1 Å². The van der Waals surface area contributed by atoms with Gasteiger partial charge in [-0.05, 0) is 20.8 Å². The van der Waals surface area contributed by atoms with E-state index < -0.39 is 21.5 Å². The molecular formula is C11H20N4O4S. The van der Waals surface area contributed by atoms with Crippen molar-refractivity contribution >= 4 is 21.8 Å². The van der Waals surface area contributed by atoms with Crippen LogP contribution in [-0.2, 0) is 21.3 Å².